The quantitative estimate of drug-likeness (QED) is 0.779. The van der Waals surface area contributed by atoms with Gasteiger partial charge >= 0.3 is 6.03 Å². The predicted octanol–water partition coefficient (Wildman–Crippen LogP) is 1.99. The summed E-state index contributed by atoms with van der Waals surface area (Å²) in [5, 5.41) is 15.6. The molecule has 0 bridgehead atoms. The molecule has 0 spiro atoms. The summed E-state index contributed by atoms with van der Waals surface area (Å²) in [5.41, 5.74) is 1.12. The van der Waals surface area contributed by atoms with Crippen LogP contribution in [0.1, 0.15) is 19.8 Å². The van der Waals surface area contributed by atoms with E-state index in [0.29, 0.717) is 13.0 Å². The second-order valence-corrected chi connectivity index (χ2v) is 5.88. The summed E-state index contributed by atoms with van der Waals surface area (Å²) in [7, 11) is 0. The Kier molecular flexibility index (Phi) is 5.70. The van der Waals surface area contributed by atoms with Gasteiger partial charge in [0.15, 0.2) is 0 Å². The van der Waals surface area contributed by atoms with Crippen molar-refractivity contribution in [3.63, 3.8) is 0 Å². The van der Waals surface area contributed by atoms with Crippen molar-refractivity contribution in [3.05, 3.63) is 29.3 Å². The number of benzene rings is 1. The monoisotopic (exact) mass is 311 g/mol. The van der Waals surface area contributed by atoms with Crippen molar-refractivity contribution in [2.75, 3.05) is 24.5 Å². The number of rotatable bonds is 5. The molecule has 0 saturated carbocycles. The molecule has 1 aromatic carbocycles. The second kappa shape index (κ2) is 7.52. The third-order valence-corrected chi connectivity index (χ3v) is 3.81. The SMILES string of the molecule is CC(O)CCNC(=O)NC1CCN(c2ccc(Cl)cc2)C1. The van der Waals surface area contributed by atoms with Crippen molar-refractivity contribution in [2.45, 2.75) is 31.9 Å². The van der Waals surface area contributed by atoms with Gasteiger partial charge in [-0.05, 0) is 44.0 Å². The Balaban J connectivity index is 1.74. The first-order chi connectivity index (χ1) is 10.0. The van der Waals surface area contributed by atoms with E-state index in [0.717, 1.165) is 30.2 Å². The van der Waals surface area contributed by atoms with Crippen LogP contribution in [0.15, 0.2) is 24.3 Å². The van der Waals surface area contributed by atoms with Crippen LogP contribution in [-0.2, 0) is 0 Å². The maximum atomic E-state index is 11.7. The molecule has 1 fully saturated rings. The fourth-order valence-electron chi connectivity index (χ4n) is 2.40. The standard InChI is InChI=1S/C15H22ClN3O2/c1-11(20)6-8-17-15(21)18-13-7-9-19(10-13)14-4-2-12(16)3-5-14/h2-5,11,13,20H,6-10H2,1H3,(H2,17,18,21). The third kappa shape index (κ3) is 5.10. The van der Waals surface area contributed by atoms with Crippen LogP contribution < -0.4 is 15.5 Å². The molecule has 0 radical (unpaired) electrons. The lowest BCUT2D eigenvalue weighted by Crippen LogP contribution is -2.44. The molecule has 0 aliphatic carbocycles. The van der Waals surface area contributed by atoms with Gasteiger partial charge in [-0.1, -0.05) is 11.6 Å². The van der Waals surface area contributed by atoms with E-state index in [4.69, 9.17) is 16.7 Å². The molecular formula is C15H22ClN3O2. The summed E-state index contributed by atoms with van der Waals surface area (Å²) in [6, 6.07) is 7.72. The molecule has 2 rings (SSSR count). The van der Waals surface area contributed by atoms with Crippen LogP contribution in [0.2, 0.25) is 5.02 Å². The van der Waals surface area contributed by atoms with Crippen molar-refractivity contribution in [3.8, 4) is 0 Å². The molecule has 2 amide bonds. The first kappa shape index (κ1) is 15.9. The highest BCUT2D eigenvalue weighted by Gasteiger charge is 2.23. The Hall–Kier alpha value is -1.46. The van der Waals surface area contributed by atoms with Crippen LogP contribution in [-0.4, -0.2) is 42.9 Å². The smallest absolute Gasteiger partial charge is 0.315 e. The van der Waals surface area contributed by atoms with Crippen molar-refractivity contribution < 1.29 is 9.90 Å². The van der Waals surface area contributed by atoms with Gasteiger partial charge in [0.25, 0.3) is 0 Å². The molecule has 6 heteroatoms. The fraction of sp³-hybridized carbons (Fsp3) is 0.533. The third-order valence-electron chi connectivity index (χ3n) is 3.56. The molecule has 1 aliphatic heterocycles. The molecule has 1 aromatic rings. The average Bonchev–Trinajstić information content (AvgIpc) is 2.87. The number of carbonyl (C=O) groups is 1. The van der Waals surface area contributed by atoms with Gasteiger partial charge in [-0.15, -0.1) is 0 Å². The maximum Gasteiger partial charge on any atom is 0.315 e. The molecule has 21 heavy (non-hydrogen) atoms. The minimum Gasteiger partial charge on any atom is -0.393 e. The van der Waals surface area contributed by atoms with Gasteiger partial charge in [-0.2, -0.15) is 0 Å². The minimum absolute atomic E-state index is 0.146. The van der Waals surface area contributed by atoms with Gasteiger partial charge in [0.1, 0.15) is 0 Å². The number of amides is 2. The normalized spacial score (nSPS) is 19.4. The topological polar surface area (TPSA) is 64.6 Å². The Morgan fingerprint density at radius 2 is 2.19 bits per heavy atom. The number of hydrogen-bond acceptors (Lipinski definition) is 3. The second-order valence-electron chi connectivity index (χ2n) is 5.45. The van der Waals surface area contributed by atoms with E-state index in [2.05, 4.69) is 15.5 Å². The molecule has 1 heterocycles. The van der Waals surface area contributed by atoms with E-state index in [9.17, 15) is 4.79 Å². The highest BCUT2D eigenvalue weighted by atomic mass is 35.5. The highest BCUT2D eigenvalue weighted by Crippen LogP contribution is 2.22. The lowest BCUT2D eigenvalue weighted by molar-refractivity contribution is 0.183. The average molecular weight is 312 g/mol. The van der Waals surface area contributed by atoms with Crippen LogP contribution in [0, 0.1) is 0 Å². The van der Waals surface area contributed by atoms with Crippen molar-refractivity contribution in [2.24, 2.45) is 0 Å². The van der Waals surface area contributed by atoms with Gasteiger partial charge in [-0.25, -0.2) is 4.79 Å². The summed E-state index contributed by atoms with van der Waals surface area (Å²) < 4.78 is 0. The largest absolute Gasteiger partial charge is 0.393 e. The lowest BCUT2D eigenvalue weighted by Gasteiger charge is -2.19. The summed E-state index contributed by atoms with van der Waals surface area (Å²) in [6.45, 7) is 3.91. The molecule has 1 aliphatic rings. The summed E-state index contributed by atoms with van der Waals surface area (Å²) in [4.78, 5) is 14.0. The van der Waals surface area contributed by atoms with Crippen molar-refractivity contribution in [1.82, 2.24) is 10.6 Å². The number of urea groups is 1. The Morgan fingerprint density at radius 1 is 1.48 bits per heavy atom. The summed E-state index contributed by atoms with van der Waals surface area (Å²) in [6.07, 6.45) is 1.10. The molecule has 116 valence electrons. The number of nitrogens with zero attached hydrogens (tertiary/aromatic N) is 1. The number of carbonyl (C=O) groups excluding carboxylic acids is 1. The van der Waals surface area contributed by atoms with Gasteiger partial charge in [-0.3, -0.25) is 0 Å². The molecule has 0 aromatic heterocycles. The maximum absolute atomic E-state index is 11.7. The zero-order chi connectivity index (χ0) is 15.2. The molecule has 1 saturated heterocycles. The van der Waals surface area contributed by atoms with E-state index in [1.807, 2.05) is 24.3 Å². The first-order valence-corrected chi connectivity index (χ1v) is 7.65. The minimum atomic E-state index is -0.392. The molecule has 2 unspecified atom stereocenters. The predicted molar refractivity (Wildman–Crippen MR) is 84.9 cm³/mol. The van der Waals surface area contributed by atoms with Crippen molar-refractivity contribution in [1.29, 1.82) is 0 Å². The van der Waals surface area contributed by atoms with E-state index in [1.165, 1.54) is 0 Å². The number of halogens is 1. The van der Waals surface area contributed by atoms with Gasteiger partial charge in [0.2, 0.25) is 0 Å². The molecule has 3 N–H and O–H groups in total. The fourth-order valence-corrected chi connectivity index (χ4v) is 2.52. The molecule has 5 nitrogen and oxygen atoms in total. The van der Waals surface area contributed by atoms with E-state index < -0.39 is 6.10 Å². The van der Waals surface area contributed by atoms with Crippen LogP contribution in [0.5, 0.6) is 0 Å². The molecule has 2 atom stereocenters. The van der Waals surface area contributed by atoms with Gasteiger partial charge in [0, 0.05) is 36.4 Å². The van der Waals surface area contributed by atoms with Crippen LogP contribution in [0.4, 0.5) is 10.5 Å². The van der Waals surface area contributed by atoms with Crippen molar-refractivity contribution >= 4 is 23.3 Å². The van der Waals surface area contributed by atoms with Crippen LogP contribution >= 0.6 is 11.6 Å². The number of nitrogens with one attached hydrogen (secondary N) is 2. The van der Waals surface area contributed by atoms with Crippen LogP contribution in [0.25, 0.3) is 0 Å². The number of anilines is 1. The zero-order valence-electron chi connectivity index (χ0n) is 12.2. The van der Waals surface area contributed by atoms with E-state index >= 15 is 0 Å². The number of hydrogen-bond donors (Lipinski definition) is 3. The van der Waals surface area contributed by atoms with Crippen LogP contribution in [0.3, 0.4) is 0 Å². The Bertz CT molecular complexity index is 464. The summed E-state index contributed by atoms with van der Waals surface area (Å²) in [5.74, 6) is 0. The summed E-state index contributed by atoms with van der Waals surface area (Å²) >= 11 is 5.88. The first-order valence-electron chi connectivity index (χ1n) is 7.27. The van der Waals surface area contributed by atoms with E-state index in [1.54, 1.807) is 6.92 Å². The van der Waals surface area contributed by atoms with E-state index in [-0.39, 0.29) is 12.1 Å². The number of aliphatic hydroxyl groups is 1. The number of aliphatic hydroxyl groups excluding tert-OH is 1. The zero-order valence-corrected chi connectivity index (χ0v) is 12.9. The Labute approximate surface area is 130 Å². The van der Waals surface area contributed by atoms with Gasteiger partial charge < -0.3 is 20.6 Å². The highest BCUT2D eigenvalue weighted by molar-refractivity contribution is 6.30. The molecular weight excluding hydrogens is 290 g/mol. The lowest BCUT2D eigenvalue weighted by atomic mass is 10.2. The van der Waals surface area contributed by atoms with Gasteiger partial charge in [0.05, 0.1) is 6.10 Å². The Morgan fingerprint density at radius 3 is 2.86 bits per heavy atom.